The van der Waals surface area contributed by atoms with Gasteiger partial charge in [-0.25, -0.2) is 0 Å². The number of ketones is 1. The molecule has 0 aliphatic heterocycles. The highest BCUT2D eigenvalue weighted by atomic mass is 16.5. The van der Waals surface area contributed by atoms with E-state index >= 15 is 0 Å². The molecular weight excluding hydrogens is 432 g/mol. The highest BCUT2D eigenvalue weighted by molar-refractivity contribution is 6.05. The molecule has 0 N–H and O–H groups in total. The van der Waals surface area contributed by atoms with Crippen LogP contribution in [0.1, 0.15) is 70.8 Å². The van der Waals surface area contributed by atoms with Gasteiger partial charge in [0, 0.05) is 31.6 Å². The molecule has 34 heavy (non-hydrogen) atoms. The predicted octanol–water partition coefficient (Wildman–Crippen LogP) is 4.95. The first-order valence-electron chi connectivity index (χ1n) is 11.5. The maximum absolute atomic E-state index is 13.6. The lowest BCUT2D eigenvalue weighted by Gasteiger charge is -2.24. The number of carbonyl (C=O) groups excluding carboxylic acids is 3. The van der Waals surface area contributed by atoms with Crippen molar-refractivity contribution < 1.29 is 19.1 Å². The summed E-state index contributed by atoms with van der Waals surface area (Å²) in [5, 5.41) is 0.629. The SMILES string of the molecule is C/C=C\C(=C/C)N(CC)C(=O)c1c(OC(C)=O)c2c(CCC)cccc2n(C)c1=O.CC(C)=O. The minimum absolute atomic E-state index is 0.0454. The molecule has 0 saturated heterocycles. The van der Waals surface area contributed by atoms with Gasteiger partial charge in [-0.15, -0.1) is 0 Å². The fourth-order valence-corrected chi connectivity index (χ4v) is 3.63. The molecule has 1 aromatic heterocycles. The van der Waals surface area contributed by atoms with Crippen LogP contribution in [-0.4, -0.2) is 33.7 Å². The molecule has 7 nitrogen and oxygen atoms in total. The smallest absolute Gasteiger partial charge is 0.308 e. The zero-order valence-corrected chi connectivity index (χ0v) is 21.5. The van der Waals surface area contributed by atoms with E-state index in [1.54, 1.807) is 25.3 Å². The molecule has 184 valence electrons. The van der Waals surface area contributed by atoms with Crippen molar-refractivity contribution in [2.75, 3.05) is 6.54 Å². The highest BCUT2D eigenvalue weighted by Gasteiger charge is 2.29. The van der Waals surface area contributed by atoms with Gasteiger partial charge in [0.25, 0.3) is 11.5 Å². The minimum atomic E-state index is -0.576. The summed E-state index contributed by atoms with van der Waals surface area (Å²) in [6.07, 6.45) is 7.04. The first kappa shape index (κ1) is 28.6. The van der Waals surface area contributed by atoms with E-state index in [0.717, 1.165) is 18.4 Å². The molecule has 0 aliphatic rings. The molecule has 0 aliphatic carbocycles. The van der Waals surface area contributed by atoms with E-state index in [9.17, 15) is 19.2 Å². The van der Waals surface area contributed by atoms with Gasteiger partial charge in [0.1, 0.15) is 11.3 Å². The minimum Gasteiger partial charge on any atom is -0.425 e. The number of Topliss-reactive ketones (excluding diaryl/α,β-unsaturated/α-hetero) is 1. The Bertz CT molecular complexity index is 1170. The lowest BCUT2D eigenvalue weighted by atomic mass is 10.00. The topological polar surface area (TPSA) is 85.7 Å². The first-order valence-corrected chi connectivity index (χ1v) is 11.5. The van der Waals surface area contributed by atoms with Crippen molar-refractivity contribution in [2.24, 2.45) is 7.05 Å². The van der Waals surface area contributed by atoms with Crippen molar-refractivity contribution in [1.29, 1.82) is 0 Å². The molecule has 0 spiro atoms. The summed E-state index contributed by atoms with van der Waals surface area (Å²) in [6.45, 7) is 12.3. The second-order valence-electron chi connectivity index (χ2n) is 7.89. The molecule has 1 amide bonds. The zero-order valence-electron chi connectivity index (χ0n) is 21.5. The van der Waals surface area contributed by atoms with Crippen LogP contribution in [0.5, 0.6) is 5.75 Å². The number of ether oxygens (including phenoxy) is 1. The summed E-state index contributed by atoms with van der Waals surface area (Å²) in [5.41, 5.74) is 1.60. The Morgan fingerprint density at radius 2 is 1.71 bits per heavy atom. The Balaban J connectivity index is 0.00000133. The van der Waals surface area contributed by atoms with Crippen molar-refractivity contribution in [3.8, 4) is 5.75 Å². The normalized spacial score (nSPS) is 11.2. The average molecular weight is 469 g/mol. The molecule has 0 radical (unpaired) electrons. The summed E-state index contributed by atoms with van der Waals surface area (Å²) >= 11 is 0. The van der Waals surface area contributed by atoms with Gasteiger partial charge >= 0.3 is 5.97 Å². The number of amides is 1. The van der Waals surface area contributed by atoms with Gasteiger partial charge in [0.15, 0.2) is 5.75 Å². The van der Waals surface area contributed by atoms with Gasteiger partial charge in [-0.2, -0.15) is 0 Å². The molecule has 0 atom stereocenters. The van der Waals surface area contributed by atoms with Gasteiger partial charge in [-0.05, 0) is 58.7 Å². The van der Waals surface area contributed by atoms with Crippen LogP contribution in [-0.2, 0) is 23.1 Å². The van der Waals surface area contributed by atoms with Crippen molar-refractivity contribution in [3.05, 3.63) is 63.6 Å². The lowest BCUT2D eigenvalue weighted by molar-refractivity contribution is -0.131. The van der Waals surface area contributed by atoms with E-state index in [-0.39, 0.29) is 17.1 Å². The number of esters is 1. The maximum atomic E-state index is 13.6. The summed E-state index contributed by atoms with van der Waals surface area (Å²) in [5.74, 6) is -0.856. The number of nitrogens with zero attached hydrogens (tertiary/aromatic N) is 2. The van der Waals surface area contributed by atoms with Crippen LogP contribution in [0.25, 0.3) is 10.9 Å². The van der Waals surface area contributed by atoms with Gasteiger partial charge in [-0.1, -0.05) is 37.6 Å². The Hall–Kier alpha value is -3.48. The molecule has 2 rings (SSSR count). The number of allylic oxidation sites excluding steroid dienone is 3. The van der Waals surface area contributed by atoms with Gasteiger partial charge < -0.3 is 19.0 Å². The number of pyridine rings is 1. The largest absolute Gasteiger partial charge is 0.425 e. The quantitative estimate of drug-likeness (QED) is 0.424. The molecule has 0 saturated carbocycles. The molecular formula is C27H36N2O5. The maximum Gasteiger partial charge on any atom is 0.308 e. The number of aromatic nitrogens is 1. The first-order chi connectivity index (χ1) is 16.0. The third-order valence-corrected chi connectivity index (χ3v) is 4.95. The monoisotopic (exact) mass is 468 g/mol. The van der Waals surface area contributed by atoms with E-state index in [2.05, 4.69) is 0 Å². The molecule has 0 unspecified atom stereocenters. The van der Waals surface area contributed by atoms with Crippen molar-refractivity contribution in [3.63, 3.8) is 0 Å². The van der Waals surface area contributed by atoms with Crippen LogP contribution < -0.4 is 10.3 Å². The summed E-state index contributed by atoms with van der Waals surface area (Å²) < 4.78 is 6.99. The molecule has 1 aromatic carbocycles. The molecule has 0 bridgehead atoms. The average Bonchev–Trinajstić information content (AvgIpc) is 2.76. The van der Waals surface area contributed by atoms with Crippen LogP contribution in [0.2, 0.25) is 0 Å². The van der Waals surface area contributed by atoms with Crippen molar-refractivity contribution >= 4 is 28.6 Å². The van der Waals surface area contributed by atoms with Crippen LogP contribution in [0.3, 0.4) is 0 Å². The third kappa shape index (κ3) is 6.76. The summed E-state index contributed by atoms with van der Waals surface area (Å²) in [7, 11) is 1.63. The fraction of sp³-hybridized carbons (Fsp3) is 0.407. The van der Waals surface area contributed by atoms with Crippen molar-refractivity contribution in [2.45, 2.75) is 61.3 Å². The molecule has 1 heterocycles. The van der Waals surface area contributed by atoms with Gasteiger partial charge in [0.2, 0.25) is 0 Å². The Morgan fingerprint density at radius 1 is 1.09 bits per heavy atom. The zero-order chi connectivity index (χ0) is 26.0. The number of hydrogen-bond acceptors (Lipinski definition) is 5. The number of likely N-dealkylation sites (N-methyl/N-ethyl adjacent to an activating group) is 1. The second kappa shape index (κ2) is 13.3. The van der Waals surface area contributed by atoms with Gasteiger partial charge in [0.05, 0.1) is 5.52 Å². The summed E-state index contributed by atoms with van der Waals surface area (Å²) in [6, 6.07) is 5.60. The number of fused-ring (bicyclic) bond motifs is 1. The van der Waals surface area contributed by atoms with E-state index in [0.29, 0.717) is 23.1 Å². The Labute approximate surface area is 201 Å². The van der Waals surface area contributed by atoms with Crippen molar-refractivity contribution in [1.82, 2.24) is 9.47 Å². The second-order valence-corrected chi connectivity index (χ2v) is 7.89. The lowest BCUT2D eigenvalue weighted by Crippen LogP contribution is -2.36. The van der Waals surface area contributed by atoms with E-state index in [4.69, 9.17) is 4.74 Å². The van der Waals surface area contributed by atoms with Crippen LogP contribution in [0.4, 0.5) is 0 Å². The van der Waals surface area contributed by atoms with Crippen LogP contribution in [0.15, 0.2) is 46.9 Å². The number of aryl methyl sites for hydroxylation is 2. The number of rotatable bonds is 7. The van der Waals surface area contributed by atoms with E-state index in [1.807, 2.05) is 45.9 Å². The number of hydrogen-bond donors (Lipinski definition) is 0. The number of benzene rings is 1. The molecule has 2 aromatic rings. The third-order valence-electron chi connectivity index (χ3n) is 4.95. The highest BCUT2D eigenvalue weighted by Crippen LogP contribution is 2.33. The predicted molar refractivity (Wildman–Crippen MR) is 136 cm³/mol. The molecule has 7 heteroatoms. The Morgan fingerprint density at radius 3 is 2.18 bits per heavy atom. The van der Waals surface area contributed by atoms with Gasteiger partial charge in [-0.3, -0.25) is 14.4 Å². The van der Waals surface area contributed by atoms with E-state index in [1.165, 1.54) is 30.2 Å². The fourth-order valence-electron chi connectivity index (χ4n) is 3.63. The number of carbonyl (C=O) groups is 3. The molecule has 0 fully saturated rings. The van der Waals surface area contributed by atoms with Crippen LogP contribution in [0, 0.1) is 0 Å². The van der Waals surface area contributed by atoms with E-state index < -0.39 is 17.4 Å². The van der Waals surface area contributed by atoms with Crippen LogP contribution >= 0.6 is 0 Å². The Kier molecular flexibility index (Phi) is 11.2. The summed E-state index contributed by atoms with van der Waals surface area (Å²) in [4.78, 5) is 49.8. The standard InChI is InChI=1S/C24H30N2O4.C3H6O/c1-7-12-17-14-11-15-19-20(17)22(30-16(5)27)21(23(28)25(19)6)24(29)26(10-4)18(9-3)13-8-2;1-3(2)4/h8-9,11,13-15H,7,10,12H2,1-6H3;1-2H3/b13-8-,18-9+;.